The monoisotopic (exact) mass is 238 g/mol. The highest BCUT2D eigenvalue weighted by molar-refractivity contribution is 7.47. The van der Waals surface area contributed by atoms with Crippen molar-refractivity contribution in [3.8, 4) is 0 Å². The molecule has 0 aliphatic heterocycles. The van der Waals surface area contributed by atoms with E-state index in [1.54, 1.807) is 0 Å². The molecule has 15 heavy (non-hydrogen) atoms. The first kappa shape index (κ1) is 12.2. The van der Waals surface area contributed by atoms with Crippen LogP contribution in [-0.4, -0.2) is 44.1 Å². The van der Waals surface area contributed by atoms with E-state index >= 15 is 0 Å². The molecule has 0 saturated heterocycles. The summed E-state index contributed by atoms with van der Waals surface area (Å²) in [6.07, 6.45) is 2.59. The summed E-state index contributed by atoms with van der Waals surface area (Å²) in [7, 11) is -4.30. The maximum atomic E-state index is 11.2. The third-order valence-corrected chi connectivity index (χ3v) is 2.19. The summed E-state index contributed by atoms with van der Waals surface area (Å²) >= 11 is 0. The second kappa shape index (κ2) is 5.24. The van der Waals surface area contributed by atoms with Gasteiger partial charge in [0.2, 0.25) is 0 Å². The zero-order valence-corrected chi connectivity index (χ0v) is 8.53. The molecular weight excluding hydrogens is 227 g/mol. The Kier molecular flexibility index (Phi) is 4.25. The van der Waals surface area contributed by atoms with E-state index in [1.807, 2.05) is 0 Å². The lowest BCUT2D eigenvalue weighted by atomic mass is 10.4. The smallest absolute Gasteiger partial charge is 0.394 e. The van der Waals surface area contributed by atoms with Gasteiger partial charge in [-0.2, -0.15) is 4.73 Å². The molecule has 2 atom stereocenters. The zero-order valence-electron chi connectivity index (χ0n) is 7.63. The Morgan fingerprint density at radius 3 is 2.87 bits per heavy atom. The molecule has 2 unspecified atom stereocenters. The second-order valence-corrected chi connectivity index (χ2v) is 3.96. The number of aliphatic hydroxyl groups is 2. The number of aromatic nitrogens is 2. The summed E-state index contributed by atoms with van der Waals surface area (Å²) in [5, 5.41) is 17.3. The van der Waals surface area contributed by atoms with Crippen LogP contribution < -0.4 is 4.62 Å². The quantitative estimate of drug-likeness (QED) is 0.532. The molecule has 86 valence electrons. The first-order valence-electron chi connectivity index (χ1n) is 3.98. The van der Waals surface area contributed by atoms with Gasteiger partial charge in [-0.15, -0.1) is 0 Å². The lowest BCUT2D eigenvalue weighted by Gasteiger charge is -2.13. The number of rotatable bonds is 6. The van der Waals surface area contributed by atoms with E-state index in [9.17, 15) is 4.57 Å². The molecule has 1 aromatic heterocycles. The Bertz CT molecular complexity index is 328. The van der Waals surface area contributed by atoms with Crippen molar-refractivity contribution >= 4 is 7.82 Å². The fourth-order valence-electron chi connectivity index (χ4n) is 0.671. The highest BCUT2D eigenvalue weighted by atomic mass is 31.2. The summed E-state index contributed by atoms with van der Waals surface area (Å²) in [6, 6.07) is 0. The molecule has 1 aromatic rings. The van der Waals surface area contributed by atoms with Gasteiger partial charge in [-0.3, -0.25) is 9.42 Å². The molecule has 0 aliphatic rings. The molecule has 0 bridgehead atoms. The average Bonchev–Trinajstić information content (AvgIpc) is 2.66. The Hall–Kier alpha value is -0.920. The molecule has 0 fully saturated rings. The van der Waals surface area contributed by atoms with Crippen LogP contribution in [-0.2, 0) is 9.09 Å². The lowest BCUT2D eigenvalue weighted by molar-refractivity contribution is 0.0349. The Labute approximate surface area is 85.3 Å². The molecule has 0 spiro atoms. The van der Waals surface area contributed by atoms with Crippen molar-refractivity contribution in [3.05, 3.63) is 18.7 Å². The standard InChI is InChI=1S/C6H11N2O6P/c9-3-6(10)4-13-15(11,12)14-8-2-1-7-5-8/h1-2,5-6,9-10H,3-4H2,(H,11,12). The molecule has 9 heteroatoms. The van der Waals surface area contributed by atoms with E-state index in [2.05, 4.69) is 14.1 Å². The van der Waals surface area contributed by atoms with Gasteiger partial charge in [0.05, 0.1) is 19.4 Å². The molecule has 1 rings (SSSR count). The van der Waals surface area contributed by atoms with Gasteiger partial charge in [0.1, 0.15) is 12.4 Å². The number of hydrogen-bond donors (Lipinski definition) is 3. The van der Waals surface area contributed by atoms with Crippen LogP contribution in [0.25, 0.3) is 0 Å². The van der Waals surface area contributed by atoms with Gasteiger partial charge >= 0.3 is 7.82 Å². The minimum atomic E-state index is -4.30. The lowest BCUT2D eigenvalue weighted by Crippen LogP contribution is -2.20. The fraction of sp³-hybridized carbons (Fsp3) is 0.500. The Balaban J connectivity index is 2.42. The minimum absolute atomic E-state index is 0.501. The van der Waals surface area contributed by atoms with Crippen LogP contribution in [0.2, 0.25) is 0 Å². The minimum Gasteiger partial charge on any atom is -0.394 e. The molecule has 0 aromatic carbocycles. The summed E-state index contributed by atoms with van der Waals surface area (Å²) in [5.41, 5.74) is 0. The maximum Gasteiger partial charge on any atom is 0.546 e. The fourth-order valence-corrected chi connectivity index (χ4v) is 1.41. The largest absolute Gasteiger partial charge is 0.546 e. The van der Waals surface area contributed by atoms with E-state index < -0.39 is 27.1 Å². The van der Waals surface area contributed by atoms with Crippen LogP contribution in [0.1, 0.15) is 0 Å². The molecule has 0 saturated carbocycles. The number of imidazole rings is 1. The van der Waals surface area contributed by atoms with E-state index in [0.29, 0.717) is 0 Å². The van der Waals surface area contributed by atoms with Crippen LogP contribution in [0.15, 0.2) is 18.7 Å². The van der Waals surface area contributed by atoms with Crippen LogP contribution in [0.4, 0.5) is 0 Å². The van der Waals surface area contributed by atoms with Crippen molar-refractivity contribution in [2.45, 2.75) is 6.10 Å². The molecule has 0 radical (unpaired) electrons. The summed E-state index contributed by atoms with van der Waals surface area (Å²) in [6.45, 7) is -1.07. The maximum absolute atomic E-state index is 11.2. The van der Waals surface area contributed by atoms with Gasteiger partial charge in [0.15, 0.2) is 0 Å². The van der Waals surface area contributed by atoms with Gasteiger partial charge in [-0.1, -0.05) is 0 Å². The number of phosphoric ester groups is 1. The van der Waals surface area contributed by atoms with E-state index in [1.165, 1.54) is 12.4 Å². The summed E-state index contributed by atoms with van der Waals surface area (Å²) in [5.74, 6) is 0. The second-order valence-electron chi connectivity index (χ2n) is 2.60. The number of phosphoric acid groups is 1. The third kappa shape index (κ3) is 4.41. The van der Waals surface area contributed by atoms with Gasteiger partial charge in [0.25, 0.3) is 0 Å². The number of aliphatic hydroxyl groups excluding tert-OH is 2. The zero-order chi connectivity index (χ0) is 11.3. The van der Waals surface area contributed by atoms with Crippen LogP contribution in [0, 0.1) is 0 Å². The average molecular weight is 238 g/mol. The Morgan fingerprint density at radius 2 is 2.33 bits per heavy atom. The molecule has 0 aliphatic carbocycles. The predicted octanol–water partition coefficient (Wildman–Crippen LogP) is -1.22. The first-order chi connectivity index (χ1) is 7.03. The topological polar surface area (TPSA) is 114 Å². The molecule has 0 amide bonds. The van der Waals surface area contributed by atoms with Crippen LogP contribution >= 0.6 is 7.82 Å². The molecule has 1 heterocycles. The number of hydrogen-bond acceptors (Lipinski definition) is 6. The van der Waals surface area contributed by atoms with Crippen molar-refractivity contribution in [2.75, 3.05) is 13.2 Å². The van der Waals surface area contributed by atoms with Crippen LogP contribution in [0.5, 0.6) is 0 Å². The van der Waals surface area contributed by atoms with Crippen molar-refractivity contribution in [2.24, 2.45) is 0 Å². The Morgan fingerprint density at radius 1 is 1.60 bits per heavy atom. The highest BCUT2D eigenvalue weighted by Crippen LogP contribution is 2.39. The van der Waals surface area contributed by atoms with E-state index in [4.69, 9.17) is 15.1 Å². The van der Waals surface area contributed by atoms with Gasteiger partial charge in [-0.25, -0.2) is 9.55 Å². The highest BCUT2D eigenvalue weighted by Gasteiger charge is 2.24. The summed E-state index contributed by atoms with van der Waals surface area (Å²) in [4.78, 5) is 12.7. The number of nitrogens with zero attached hydrogens (tertiary/aromatic N) is 2. The molecule has 8 nitrogen and oxygen atoms in total. The molecular formula is C6H11N2O6P. The first-order valence-corrected chi connectivity index (χ1v) is 5.47. The normalized spacial score (nSPS) is 17.0. The van der Waals surface area contributed by atoms with Crippen molar-refractivity contribution < 1.29 is 28.8 Å². The van der Waals surface area contributed by atoms with E-state index in [-0.39, 0.29) is 0 Å². The molecule has 3 N–H and O–H groups in total. The van der Waals surface area contributed by atoms with Crippen LogP contribution in [0.3, 0.4) is 0 Å². The van der Waals surface area contributed by atoms with Crippen molar-refractivity contribution in [1.29, 1.82) is 0 Å². The van der Waals surface area contributed by atoms with Gasteiger partial charge in [-0.05, 0) is 0 Å². The van der Waals surface area contributed by atoms with E-state index in [0.717, 1.165) is 11.1 Å². The van der Waals surface area contributed by atoms with Crippen molar-refractivity contribution in [3.63, 3.8) is 0 Å². The SMILES string of the molecule is O=P(O)(OCC(O)CO)On1ccnc1. The van der Waals surface area contributed by atoms with Gasteiger partial charge < -0.3 is 14.8 Å². The predicted molar refractivity (Wildman–Crippen MR) is 47.7 cm³/mol. The van der Waals surface area contributed by atoms with Gasteiger partial charge in [0, 0.05) is 6.20 Å². The van der Waals surface area contributed by atoms with Crippen molar-refractivity contribution in [1.82, 2.24) is 9.71 Å². The third-order valence-electron chi connectivity index (χ3n) is 1.32. The summed E-state index contributed by atoms with van der Waals surface area (Å²) < 4.78 is 20.9.